The van der Waals surface area contributed by atoms with Gasteiger partial charge in [0.1, 0.15) is 6.04 Å². The van der Waals surface area contributed by atoms with E-state index in [0.717, 1.165) is 12.8 Å². The van der Waals surface area contributed by atoms with Crippen LogP contribution >= 0.6 is 0 Å². The largest absolute Gasteiger partial charge is 0.465 e. The molecule has 0 aromatic heterocycles. The van der Waals surface area contributed by atoms with Crippen molar-refractivity contribution in [1.29, 1.82) is 0 Å². The van der Waals surface area contributed by atoms with E-state index in [1.165, 1.54) is 11.1 Å². The number of hydrogen-bond donors (Lipinski definition) is 1. The highest BCUT2D eigenvalue weighted by Gasteiger charge is 2.32. The third-order valence-electron chi connectivity index (χ3n) is 3.17. The predicted molar refractivity (Wildman–Crippen MR) is 62.1 cm³/mol. The average Bonchev–Trinajstić information content (AvgIpc) is 2.72. The Bertz CT molecular complexity index is 389. The van der Waals surface area contributed by atoms with Crippen molar-refractivity contribution in [2.75, 3.05) is 6.61 Å². The molecule has 86 valence electrons. The Labute approximate surface area is 95.6 Å². The first-order chi connectivity index (χ1) is 7.74. The Balaban J connectivity index is 2.15. The van der Waals surface area contributed by atoms with Crippen molar-refractivity contribution in [1.82, 2.24) is 0 Å². The lowest BCUT2D eigenvalue weighted by Gasteiger charge is -2.18. The van der Waals surface area contributed by atoms with Crippen molar-refractivity contribution in [3.63, 3.8) is 0 Å². The van der Waals surface area contributed by atoms with Crippen molar-refractivity contribution < 1.29 is 9.53 Å². The molecular formula is C13H17NO2. The first kappa shape index (κ1) is 11.1. The van der Waals surface area contributed by atoms with Crippen LogP contribution in [0.1, 0.15) is 30.4 Å². The molecule has 2 atom stereocenters. The fourth-order valence-electron chi connectivity index (χ4n) is 2.37. The molecule has 16 heavy (non-hydrogen) atoms. The highest BCUT2D eigenvalue weighted by molar-refractivity contribution is 5.77. The molecule has 2 N–H and O–H groups in total. The zero-order valence-corrected chi connectivity index (χ0v) is 9.48. The van der Waals surface area contributed by atoms with Gasteiger partial charge in [0.2, 0.25) is 0 Å². The third-order valence-corrected chi connectivity index (χ3v) is 3.17. The molecule has 1 aliphatic carbocycles. The standard InChI is InChI=1S/C13H17NO2/c1-2-16-13(15)12(14)11-8-7-9-5-3-4-6-10(9)11/h3-6,11-12H,2,7-8,14H2,1H3. The maximum absolute atomic E-state index is 11.6. The van der Waals surface area contributed by atoms with Crippen LogP contribution in [0.15, 0.2) is 24.3 Å². The van der Waals surface area contributed by atoms with Gasteiger partial charge in [0.25, 0.3) is 0 Å². The van der Waals surface area contributed by atoms with Gasteiger partial charge in [0, 0.05) is 5.92 Å². The molecule has 1 aromatic carbocycles. The van der Waals surface area contributed by atoms with Crippen molar-refractivity contribution >= 4 is 5.97 Å². The molecule has 0 heterocycles. The highest BCUT2D eigenvalue weighted by atomic mass is 16.5. The summed E-state index contributed by atoms with van der Waals surface area (Å²) in [5.41, 5.74) is 8.47. The number of carbonyl (C=O) groups excluding carboxylic acids is 1. The monoisotopic (exact) mass is 219 g/mol. The van der Waals surface area contributed by atoms with Crippen molar-refractivity contribution in [2.45, 2.75) is 31.7 Å². The van der Waals surface area contributed by atoms with Crippen LogP contribution < -0.4 is 5.73 Å². The van der Waals surface area contributed by atoms with Crippen molar-refractivity contribution in [3.8, 4) is 0 Å². The lowest BCUT2D eigenvalue weighted by molar-refractivity contribution is -0.145. The van der Waals surface area contributed by atoms with Crippen LogP contribution in [0, 0.1) is 0 Å². The summed E-state index contributed by atoms with van der Waals surface area (Å²) in [4.78, 5) is 11.6. The summed E-state index contributed by atoms with van der Waals surface area (Å²) in [7, 11) is 0. The number of rotatable bonds is 3. The van der Waals surface area contributed by atoms with Gasteiger partial charge in [0.05, 0.1) is 6.61 Å². The zero-order chi connectivity index (χ0) is 11.5. The Hall–Kier alpha value is -1.35. The topological polar surface area (TPSA) is 52.3 Å². The SMILES string of the molecule is CCOC(=O)C(N)C1CCc2ccccc21. The summed E-state index contributed by atoms with van der Waals surface area (Å²) in [5, 5.41) is 0. The fourth-order valence-corrected chi connectivity index (χ4v) is 2.37. The first-order valence-corrected chi connectivity index (χ1v) is 5.74. The first-order valence-electron chi connectivity index (χ1n) is 5.74. The van der Waals surface area contributed by atoms with Gasteiger partial charge >= 0.3 is 5.97 Å². The van der Waals surface area contributed by atoms with Crippen LogP contribution in [0.5, 0.6) is 0 Å². The minimum absolute atomic E-state index is 0.121. The van der Waals surface area contributed by atoms with E-state index in [1.807, 2.05) is 12.1 Å². The van der Waals surface area contributed by atoms with E-state index in [1.54, 1.807) is 6.92 Å². The number of hydrogen-bond acceptors (Lipinski definition) is 3. The molecule has 2 unspecified atom stereocenters. The highest BCUT2D eigenvalue weighted by Crippen LogP contribution is 2.34. The molecule has 0 radical (unpaired) electrons. The predicted octanol–water partition coefficient (Wildman–Crippen LogP) is 1.61. The lowest BCUT2D eigenvalue weighted by atomic mass is 9.94. The van der Waals surface area contributed by atoms with Gasteiger partial charge in [-0.1, -0.05) is 24.3 Å². The number of esters is 1. The molecule has 3 heteroatoms. The number of fused-ring (bicyclic) bond motifs is 1. The summed E-state index contributed by atoms with van der Waals surface area (Å²) in [5.74, 6) is -0.167. The summed E-state index contributed by atoms with van der Waals surface area (Å²) in [6.45, 7) is 2.19. The normalized spacial score (nSPS) is 20.2. The number of aryl methyl sites for hydroxylation is 1. The summed E-state index contributed by atoms with van der Waals surface area (Å²) >= 11 is 0. The Kier molecular flexibility index (Phi) is 3.25. The van der Waals surface area contributed by atoms with Gasteiger partial charge in [-0.3, -0.25) is 4.79 Å². The van der Waals surface area contributed by atoms with E-state index in [2.05, 4.69) is 12.1 Å². The molecule has 1 aromatic rings. The minimum Gasteiger partial charge on any atom is -0.465 e. The van der Waals surface area contributed by atoms with Crippen LogP contribution in [0.25, 0.3) is 0 Å². The number of nitrogens with two attached hydrogens (primary N) is 1. The van der Waals surface area contributed by atoms with E-state index >= 15 is 0 Å². The van der Waals surface area contributed by atoms with Gasteiger partial charge in [-0.2, -0.15) is 0 Å². The second-order valence-electron chi connectivity index (χ2n) is 4.12. The third kappa shape index (κ3) is 1.95. The van der Waals surface area contributed by atoms with Gasteiger partial charge in [-0.25, -0.2) is 0 Å². The number of benzene rings is 1. The molecule has 0 spiro atoms. The van der Waals surface area contributed by atoms with Crippen LogP contribution in [-0.4, -0.2) is 18.6 Å². The molecule has 2 rings (SSSR count). The molecule has 0 aliphatic heterocycles. The lowest BCUT2D eigenvalue weighted by Crippen LogP contribution is -2.37. The van der Waals surface area contributed by atoms with Gasteiger partial charge in [-0.15, -0.1) is 0 Å². The van der Waals surface area contributed by atoms with E-state index < -0.39 is 6.04 Å². The van der Waals surface area contributed by atoms with Gasteiger partial charge in [-0.05, 0) is 30.9 Å². The van der Waals surface area contributed by atoms with E-state index in [4.69, 9.17) is 10.5 Å². The van der Waals surface area contributed by atoms with E-state index in [9.17, 15) is 4.79 Å². The molecule has 0 amide bonds. The quantitative estimate of drug-likeness (QED) is 0.786. The Morgan fingerprint density at radius 1 is 1.56 bits per heavy atom. The maximum Gasteiger partial charge on any atom is 0.323 e. The summed E-state index contributed by atoms with van der Waals surface area (Å²) in [6, 6.07) is 7.66. The van der Waals surface area contributed by atoms with Crippen molar-refractivity contribution in [2.24, 2.45) is 5.73 Å². The van der Waals surface area contributed by atoms with Crippen LogP contribution in [-0.2, 0) is 16.0 Å². The second kappa shape index (κ2) is 4.66. The second-order valence-corrected chi connectivity index (χ2v) is 4.12. The molecular weight excluding hydrogens is 202 g/mol. The molecule has 0 saturated carbocycles. The van der Waals surface area contributed by atoms with E-state index in [-0.39, 0.29) is 11.9 Å². The number of ether oxygens (including phenoxy) is 1. The molecule has 1 aliphatic rings. The average molecular weight is 219 g/mol. The molecule has 0 saturated heterocycles. The summed E-state index contributed by atoms with van der Waals surface area (Å²) < 4.78 is 4.97. The van der Waals surface area contributed by atoms with Gasteiger partial charge in [0.15, 0.2) is 0 Å². The van der Waals surface area contributed by atoms with Crippen LogP contribution in [0.2, 0.25) is 0 Å². The molecule has 0 fully saturated rings. The Morgan fingerprint density at radius 3 is 3.06 bits per heavy atom. The van der Waals surface area contributed by atoms with Crippen molar-refractivity contribution in [3.05, 3.63) is 35.4 Å². The van der Waals surface area contributed by atoms with Crippen LogP contribution in [0.3, 0.4) is 0 Å². The smallest absolute Gasteiger partial charge is 0.323 e. The molecule has 0 bridgehead atoms. The van der Waals surface area contributed by atoms with Gasteiger partial charge < -0.3 is 10.5 Å². The fraction of sp³-hybridized carbons (Fsp3) is 0.462. The summed E-state index contributed by atoms with van der Waals surface area (Å²) in [6.07, 6.45) is 1.95. The number of carbonyl (C=O) groups is 1. The minimum atomic E-state index is -0.524. The Morgan fingerprint density at radius 2 is 2.31 bits per heavy atom. The zero-order valence-electron chi connectivity index (χ0n) is 9.48. The van der Waals surface area contributed by atoms with Crippen LogP contribution in [0.4, 0.5) is 0 Å². The molecule has 3 nitrogen and oxygen atoms in total. The maximum atomic E-state index is 11.6. The van der Waals surface area contributed by atoms with E-state index in [0.29, 0.717) is 6.61 Å².